The number of hydrogen-bond acceptors (Lipinski definition) is 3. The summed E-state index contributed by atoms with van der Waals surface area (Å²) in [5.41, 5.74) is 0. The summed E-state index contributed by atoms with van der Waals surface area (Å²) in [7, 11) is 1.98. The minimum absolute atomic E-state index is 0. The second kappa shape index (κ2) is 8.73. The van der Waals surface area contributed by atoms with Crippen molar-refractivity contribution in [1.29, 1.82) is 0 Å². The van der Waals surface area contributed by atoms with Crippen LogP contribution in [0.2, 0.25) is 0 Å². The summed E-state index contributed by atoms with van der Waals surface area (Å²) in [6.07, 6.45) is 3.61. The lowest BCUT2D eigenvalue weighted by atomic mass is 9.94. The minimum atomic E-state index is -0.263. The molecule has 2 aliphatic heterocycles. The van der Waals surface area contributed by atoms with Crippen LogP contribution in [0.3, 0.4) is 0 Å². The molecule has 0 aromatic carbocycles. The number of likely N-dealkylation sites (tertiary alicyclic amines) is 2. The van der Waals surface area contributed by atoms with Gasteiger partial charge in [-0.3, -0.25) is 9.59 Å². The molecular formula is C16H30ClN3O2. The van der Waals surface area contributed by atoms with Crippen molar-refractivity contribution in [3.63, 3.8) is 0 Å². The molecule has 2 aliphatic rings. The molecule has 6 heteroatoms. The highest BCUT2D eigenvalue weighted by molar-refractivity contribution is 5.89. The fourth-order valence-corrected chi connectivity index (χ4v) is 3.57. The van der Waals surface area contributed by atoms with Crippen LogP contribution < -0.4 is 5.32 Å². The Balaban J connectivity index is 0.00000242. The zero-order valence-electron chi connectivity index (χ0n) is 14.0. The molecule has 1 atom stereocenters. The summed E-state index contributed by atoms with van der Waals surface area (Å²) in [4.78, 5) is 28.6. The van der Waals surface area contributed by atoms with Crippen molar-refractivity contribution in [1.82, 2.24) is 15.1 Å². The molecule has 2 heterocycles. The van der Waals surface area contributed by atoms with Gasteiger partial charge in [0.2, 0.25) is 11.8 Å². The van der Waals surface area contributed by atoms with Gasteiger partial charge in [0, 0.05) is 26.1 Å². The number of halogens is 1. The van der Waals surface area contributed by atoms with Crippen LogP contribution in [0.1, 0.15) is 39.5 Å². The van der Waals surface area contributed by atoms with Crippen LogP contribution in [-0.2, 0) is 9.59 Å². The lowest BCUT2D eigenvalue weighted by molar-refractivity contribution is -0.146. The van der Waals surface area contributed by atoms with Crippen LogP contribution in [0.5, 0.6) is 0 Å². The van der Waals surface area contributed by atoms with Gasteiger partial charge in [-0.2, -0.15) is 0 Å². The van der Waals surface area contributed by atoms with Gasteiger partial charge in [0.1, 0.15) is 6.04 Å². The Labute approximate surface area is 140 Å². The number of carbonyl (C=O) groups excluding carboxylic acids is 2. The second-order valence-electron chi connectivity index (χ2n) is 6.71. The largest absolute Gasteiger partial charge is 0.341 e. The monoisotopic (exact) mass is 331 g/mol. The molecule has 2 saturated heterocycles. The third-order valence-corrected chi connectivity index (χ3v) is 4.75. The van der Waals surface area contributed by atoms with Gasteiger partial charge in [-0.05, 0) is 44.7 Å². The molecule has 22 heavy (non-hydrogen) atoms. The van der Waals surface area contributed by atoms with E-state index in [1.807, 2.05) is 30.7 Å². The number of nitrogens with one attached hydrogen (secondary N) is 1. The van der Waals surface area contributed by atoms with Crippen molar-refractivity contribution in [3.8, 4) is 0 Å². The van der Waals surface area contributed by atoms with Gasteiger partial charge in [-0.1, -0.05) is 13.8 Å². The fourth-order valence-electron chi connectivity index (χ4n) is 3.57. The molecule has 0 bridgehead atoms. The molecule has 0 spiro atoms. The third kappa shape index (κ3) is 4.35. The summed E-state index contributed by atoms with van der Waals surface area (Å²) < 4.78 is 0. The highest BCUT2D eigenvalue weighted by Gasteiger charge is 2.37. The molecule has 1 N–H and O–H groups in total. The molecule has 0 aromatic rings. The molecule has 0 aromatic heterocycles. The number of nitrogens with zero attached hydrogens (tertiary/aromatic N) is 2. The van der Waals surface area contributed by atoms with Crippen molar-refractivity contribution in [2.45, 2.75) is 45.6 Å². The molecule has 0 aliphatic carbocycles. The zero-order valence-corrected chi connectivity index (χ0v) is 14.8. The molecule has 5 nitrogen and oxygen atoms in total. The quantitative estimate of drug-likeness (QED) is 0.831. The average molecular weight is 332 g/mol. The molecule has 2 rings (SSSR count). The molecule has 0 saturated carbocycles. The Morgan fingerprint density at radius 1 is 1.27 bits per heavy atom. The van der Waals surface area contributed by atoms with Crippen molar-refractivity contribution < 1.29 is 9.59 Å². The Morgan fingerprint density at radius 2 is 1.91 bits per heavy atom. The highest BCUT2D eigenvalue weighted by atomic mass is 35.5. The van der Waals surface area contributed by atoms with E-state index in [2.05, 4.69) is 5.32 Å². The first-order valence-electron chi connectivity index (χ1n) is 8.27. The molecule has 1 unspecified atom stereocenters. The van der Waals surface area contributed by atoms with E-state index in [1.165, 1.54) is 0 Å². The Morgan fingerprint density at radius 3 is 2.36 bits per heavy atom. The first-order chi connectivity index (χ1) is 10.0. The van der Waals surface area contributed by atoms with Crippen LogP contribution in [0, 0.1) is 11.8 Å². The number of carbonyl (C=O) groups is 2. The number of amides is 2. The number of piperidine rings is 1. The fraction of sp³-hybridized carbons (Fsp3) is 0.875. The summed E-state index contributed by atoms with van der Waals surface area (Å²) in [5, 5.41) is 3.22. The van der Waals surface area contributed by atoms with E-state index in [0.29, 0.717) is 12.3 Å². The Kier molecular flexibility index (Phi) is 7.63. The van der Waals surface area contributed by atoms with Crippen molar-refractivity contribution >= 4 is 24.2 Å². The Hall–Kier alpha value is -0.810. The van der Waals surface area contributed by atoms with Crippen LogP contribution in [0.25, 0.3) is 0 Å². The standard InChI is InChI=1S/C16H29N3O2.ClH/c1-12(2)15(19-8-4-5-14(19)20)16(21)18-9-6-13(7-10-18)11-17-3;/h12-13,15,17H,4-11H2,1-3H3;1H. The maximum Gasteiger partial charge on any atom is 0.245 e. The molecule has 0 radical (unpaired) electrons. The van der Waals surface area contributed by atoms with E-state index < -0.39 is 0 Å². The number of hydrogen-bond donors (Lipinski definition) is 1. The van der Waals surface area contributed by atoms with Gasteiger partial charge in [-0.25, -0.2) is 0 Å². The SMILES string of the molecule is CNCC1CCN(C(=O)C(C(C)C)N2CCCC2=O)CC1.Cl. The molecular weight excluding hydrogens is 302 g/mol. The molecule has 2 amide bonds. The Bertz CT molecular complexity index is 382. The van der Waals surface area contributed by atoms with Crippen LogP contribution >= 0.6 is 12.4 Å². The average Bonchev–Trinajstić information content (AvgIpc) is 2.86. The van der Waals surface area contributed by atoms with Gasteiger partial charge in [0.25, 0.3) is 0 Å². The van der Waals surface area contributed by atoms with Gasteiger partial charge < -0.3 is 15.1 Å². The maximum absolute atomic E-state index is 12.9. The number of rotatable bonds is 5. The third-order valence-electron chi connectivity index (χ3n) is 4.75. The van der Waals surface area contributed by atoms with Crippen LogP contribution in [0.4, 0.5) is 0 Å². The predicted octanol–water partition coefficient (Wildman–Crippen LogP) is 1.51. The van der Waals surface area contributed by atoms with E-state index in [9.17, 15) is 9.59 Å². The van der Waals surface area contributed by atoms with E-state index in [4.69, 9.17) is 0 Å². The summed E-state index contributed by atoms with van der Waals surface area (Å²) in [6, 6.07) is -0.263. The minimum Gasteiger partial charge on any atom is -0.341 e. The topological polar surface area (TPSA) is 52.7 Å². The van der Waals surface area contributed by atoms with Crippen molar-refractivity contribution in [2.75, 3.05) is 33.2 Å². The van der Waals surface area contributed by atoms with E-state index in [0.717, 1.165) is 45.4 Å². The van der Waals surface area contributed by atoms with Crippen molar-refractivity contribution in [3.05, 3.63) is 0 Å². The predicted molar refractivity (Wildman–Crippen MR) is 90.1 cm³/mol. The normalized spacial score (nSPS) is 21.2. The second-order valence-corrected chi connectivity index (χ2v) is 6.71. The smallest absolute Gasteiger partial charge is 0.245 e. The lowest BCUT2D eigenvalue weighted by Crippen LogP contribution is -2.53. The summed E-state index contributed by atoms with van der Waals surface area (Å²) in [6.45, 7) is 7.51. The zero-order chi connectivity index (χ0) is 15.4. The van der Waals surface area contributed by atoms with Gasteiger partial charge in [0.05, 0.1) is 0 Å². The summed E-state index contributed by atoms with van der Waals surface area (Å²) >= 11 is 0. The van der Waals surface area contributed by atoms with E-state index >= 15 is 0 Å². The summed E-state index contributed by atoms with van der Waals surface area (Å²) in [5.74, 6) is 1.15. The highest BCUT2D eigenvalue weighted by Crippen LogP contribution is 2.24. The van der Waals surface area contributed by atoms with E-state index in [1.54, 1.807) is 0 Å². The van der Waals surface area contributed by atoms with Gasteiger partial charge in [-0.15, -0.1) is 12.4 Å². The van der Waals surface area contributed by atoms with Crippen molar-refractivity contribution in [2.24, 2.45) is 11.8 Å². The van der Waals surface area contributed by atoms with Gasteiger partial charge in [0.15, 0.2) is 0 Å². The lowest BCUT2D eigenvalue weighted by Gasteiger charge is -2.38. The first-order valence-corrected chi connectivity index (χ1v) is 8.27. The molecule has 2 fully saturated rings. The molecule has 128 valence electrons. The maximum atomic E-state index is 12.9. The van der Waals surface area contributed by atoms with Crippen LogP contribution in [-0.4, -0.2) is 60.9 Å². The van der Waals surface area contributed by atoms with Gasteiger partial charge >= 0.3 is 0 Å². The first kappa shape index (κ1) is 19.2. The van der Waals surface area contributed by atoms with E-state index in [-0.39, 0.29) is 36.2 Å². The van der Waals surface area contributed by atoms with Crippen LogP contribution in [0.15, 0.2) is 0 Å².